The van der Waals surface area contributed by atoms with E-state index < -0.39 is 24.7 Å². The highest BCUT2D eigenvalue weighted by molar-refractivity contribution is 4.85. The maximum atomic E-state index is 12.8. The fraction of sp³-hybridized carbons (Fsp3) is 1.00. The molecule has 6 N–H and O–H groups in total. The minimum Gasteiger partial charge on any atom is -0.412 e. The Balaban J connectivity index is -0.000000496. The molecule has 7 atom stereocenters. The van der Waals surface area contributed by atoms with Crippen molar-refractivity contribution >= 4 is 0 Å². The average molecular weight is 675 g/mol. The lowest BCUT2D eigenvalue weighted by atomic mass is 9.83. The van der Waals surface area contributed by atoms with Crippen molar-refractivity contribution in [1.29, 1.82) is 0 Å². The van der Waals surface area contributed by atoms with E-state index in [-0.39, 0.29) is 35.2 Å². The predicted molar refractivity (Wildman–Crippen MR) is 188 cm³/mol. The van der Waals surface area contributed by atoms with Crippen LogP contribution in [0, 0.1) is 47.3 Å². The fourth-order valence-electron chi connectivity index (χ4n) is 6.68. The molecule has 0 aromatic heterocycles. The Morgan fingerprint density at radius 1 is 0.370 bits per heavy atom. The second-order valence-corrected chi connectivity index (χ2v) is 16.0. The second-order valence-electron chi connectivity index (χ2n) is 16.0. The molecule has 5 rings (SSSR count). The Morgan fingerprint density at radius 2 is 0.696 bits per heavy atom. The van der Waals surface area contributed by atoms with Crippen LogP contribution in [0.2, 0.25) is 0 Å². The third-order valence-electron chi connectivity index (χ3n) is 10.6. The molecule has 46 heavy (non-hydrogen) atoms. The quantitative estimate of drug-likeness (QED) is 0.234. The van der Waals surface area contributed by atoms with Crippen LogP contribution in [0.1, 0.15) is 159 Å². The molecular formula is C38H78F4O4. The molecule has 1 aliphatic heterocycles. The lowest BCUT2D eigenvalue weighted by Gasteiger charge is -2.27. The van der Waals surface area contributed by atoms with Crippen LogP contribution >= 0.6 is 0 Å². The summed E-state index contributed by atoms with van der Waals surface area (Å²) >= 11 is 0. The van der Waals surface area contributed by atoms with E-state index in [0.29, 0.717) is 17.9 Å². The maximum absolute atomic E-state index is 12.8. The summed E-state index contributed by atoms with van der Waals surface area (Å²) in [5.74, 6) is 5.80. The van der Waals surface area contributed by atoms with Gasteiger partial charge in [0.25, 0.3) is 0 Å². The number of hydrogen-bond acceptors (Lipinski definition) is 1. The van der Waals surface area contributed by atoms with Crippen LogP contribution in [-0.4, -0.2) is 53.8 Å². The third kappa shape index (κ3) is 23.0. The number of halogens is 4. The van der Waals surface area contributed by atoms with Crippen molar-refractivity contribution in [3.63, 3.8) is 0 Å². The summed E-state index contributed by atoms with van der Waals surface area (Å²) in [5, 5.41) is 0. The fourth-order valence-corrected chi connectivity index (χ4v) is 6.68. The lowest BCUT2D eigenvalue weighted by molar-refractivity contribution is 0.000266. The van der Waals surface area contributed by atoms with E-state index >= 15 is 0 Å². The van der Waals surface area contributed by atoms with Crippen molar-refractivity contribution < 1.29 is 38.7 Å². The topological polar surface area (TPSA) is 104 Å². The van der Waals surface area contributed by atoms with Crippen molar-refractivity contribution in [2.45, 2.75) is 189 Å². The summed E-state index contributed by atoms with van der Waals surface area (Å²) in [7, 11) is 0. The van der Waals surface area contributed by atoms with Crippen molar-refractivity contribution in [2.24, 2.45) is 47.3 Å². The van der Waals surface area contributed by atoms with Gasteiger partial charge >= 0.3 is 0 Å². The summed E-state index contributed by atoms with van der Waals surface area (Å²) < 4.78 is 55.5. The van der Waals surface area contributed by atoms with Gasteiger partial charge < -0.3 is 21.2 Å². The van der Waals surface area contributed by atoms with Gasteiger partial charge in [0.2, 0.25) is 0 Å². The van der Waals surface area contributed by atoms with E-state index in [1.165, 1.54) is 70.6 Å². The van der Waals surface area contributed by atoms with Gasteiger partial charge in [0.05, 0.1) is 6.10 Å². The molecule has 4 saturated carbocycles. The molecule has 4 aliphatic carbocycles. The highest BCUT2D eigenvalue weighted by atomic mass is 19.2. The molecule has 0 aromatic carbocycles. The van der Waals surface area contributed by atoms with E-state index in [9.17, 15) is 17.6 Å². The SMILES string of the molecule is CC1CC(F)C(F)C(F)C1.CC1CCC(C)C(F)C1.CC1CCC(C)CC1.CC1CCC(C)CC1.CC1CCC(C)OC1.O.O.O. The Kier molecular flexibility index (Phi) is 29.7. The standard InChI is InChI=1S/C8H15F.2C8H16.C7H11F3.C7H14O.3H2O/c1-6-3-4-7(2)8(9)5-6;2*1-7-3-5-8(2)6-4-7;1-4-2-5(8)7(10)6(9)3-4;1-6-3-4-7(2)8-5-6;;;/h6-8H,3-5H2,1-2H3;2*7-8H,3-6H2,1-2H3;4-7H,2-3H2,1H3;6-7H,3-5H2,1-2H3;3*1H2. The Morgan fingerprint density at radius 3 is 0.978 bits per heavy atom. The first-order valence-electron chi connectivity index (χ1n) is 18.4. The summed E-state index contributed by atoms with van der Waals surface area (Å²) in [6.07, 6.45) is 12.8. The van der Waals surface area contributed by atoms with Crippen molar-refractivity contribution in [3.05, 3.63) is 0 Å². The van der Waals surface area contributed by atoms with Gasteiger partial charge in [0.15, 0.2) is 6.17 Å². The van der Waals surface area contributed by atoms with Crippen molar-refractivity contribution in [1.82, 2.24) is 0 Å². The second kappa shape index (κ2) is 27.4. The predicted octanol–water partition coefficient (Wildman–Crippen LogP) is 10.2. The van der Waals surface area contributed by atoms with Gasteiger partial charge in [0.1, 0.15) is 18.5 Å². The minimum absolute atomic E-state index is 0. The smallest absolute Gasteiger partial charge is 0.162 e. The van der Waals surface area contributed by atoms with Crippen LogP contribution in [-0.2, 0) is 4.74 Å². The molecule has 0 amide bonds. The highest BCUT2D eigenvalue weighted by Gasteiger charge is 2.36. The third-order valence-corrected chi connectivity index (χ3v) is 10.6. The molecule has 0 radical (unpaired) electrons. The molecule has 1 heterocycles. The molecule has 5 aliphatic rings. The zero-order chi connectivity index (χ0) is 32.5. The molecule has 282 valence electrons. The van der Waals surface area contributed by atoms with Crippen LogP contribution in [0.3, 0.4) is 0 Å². The van der Waals surface area contributed by atoms with Crippen LogP contribution in [0.25, 0.3) is 0 Å². The number of rotatable bonds is 0. The molecule has 0 bridgehead atoms. The first-order chi connectivity index (χ1) is 20.2. The molecule has 0 aromatic rings. The Hall–Kier alpha value is -0.440. The Labute approximate surface area is 281 Å². The van der Waals surface area contributed by atoms with Gasteiger partial charge in [-0.1, -0.05) is 113 Å². The van der Waals surface area contributed by atoms with Crippen molar-refractivity contribution in [2.75, 3.05) is 6.61 Å². The van der Waals surface area contributed by atoms with Crippen LogP contribution in [0.15, 0.2) is 0 Å². The van der Waals surface area contributed by atoms with Gasteiger partial charge in [-0.3, -0.25) is 0 Å². The number of alkyl halides is 4. The lowest BCUT2D eigenvalue weighted by Crippen LogP contribution is -2.36. The summed E-state index contributed by atoms with van der Waals surface area (Å²) in [6.45, 7) is 20.7. The van der Waals surface area contributed by atoms with E-state index in [0.717, 1.165) is 49.0 Å². The van der Waals surface area contributed by atoms with Crippen molar-refractivity contribution in [3.8, 4) is 0 Å². The maximum Gasteiger partial charge on any atom is 0.162 e. The van der Waals surface area contributed by atoms with Gasteiger partial charge in [-0.15, -0.1) is 0 Å². The number of hydrogen-bond donors (Lipinski definition) is 0. The highest BCUT2D eigenvalue weighted by Crippen LogP contribution is 2.31. The molecule has 5 fully saturated rings. The zero-order valence-electron chi connectivity index (χ0n) is 31.2. The zero-order valence-corrected chi connectivity index (χ0v) is 31.2. The van der Waals surface area contributed by atoms with E-state index in [2.05, 4.69) is 48.5 Å². The van der Waals surface area contributed by atoms with E-state index in [4.69, 9.17) is 4.74 Å². The van der Waals surface area contributed by atoms with E-state index in [1.54, 1.807) is 6.92 Å². The van der Waals surface area contributed by atoms with E-state index in [1.807, 2.05) is 6.92 Å². The molecule has 0 spiro atoms. The summed E-state index contributed by atoms with van der Waals surface area (Å²) in [4.78, 5) is 0. The molecule has 8 heteroatoms. The summed E-state index contributed by atoms with van der Waals surface area (Å²) in [5.41, 5.74) is 0. The van der Waals surface area contributed by atoms with Gasteiger partial charge in [-0.2, -0.15) is 0 Å². The van der Waals surface area contributed by atoms with Crippen LogP contribution in [0.5, 0.6) is 0 Å². The van der Waals surface area contributed by atoms with Gasteiger partial charge in [-0.25, -0.2) is 17.6 Å². The minimum atomic E-state index is -1.88. The first-order valence-corrected chi connectivity index (χ1v) is 18.4. The van der Waals surface area contributed by atoms with Gasteiger partial charge in [-0.05, 0) is 92.8 Å². The molecule has 7 unspecified atom stereocenters. The average Bonchev–Trinajstić information content (AvgIpc) is 2.96. The van der Waals surface area contributed by atoms with Gasteiger partial charge in [0, 0.05) is 6.61 Å². The largest absolute Gasteiger partial charge is 0.412 e. The summed E-state index contributed by atoms with van der Waals surface area (Å²) in [6, 6.07) is 0. The van der Waals surface area contributed by atoms with Crippen LogP contribution < -0.4 is 0 Å². The number of ether oxygens (including phenoxy) is 1. The molecular weight excluding hydrogens is 596 g/mol. The monoisotopic (exact) mass is 675 g/mol. The van der Waals surface area contributed by atoms with Crippen LogP contribution in [0.4, 0.5) is 17.6 Å². The first kappa shape index (κ1) is 49.9. The normalized spacial score (nSPS) is 40.2. The Bertz CT molecular complexity index is 576. The molecule has 1 saturated heterocycles. The molecule has 4 nitrogen and oxygen atoms in total.